The van der Waals surface area contributed by atoms with Gasteiger partial charge in [-0.3, -0.25) is 14.2 Å². The van der Waals surface area contributed by atoms with Crippen molar-refractivity contribution in [1.29, 1.82) is 0 Å². The van der Waals surface area contributed by atoms with Crippen LogP contribution in [0.15, 0.2) is 33.4 Å². The van der Waals surface area contributed by atoms with Crippen LogP contribution in [0.3, 0.4) is 0 Å². The first-order valence-corrected chi connectivity index (χ1v) is 8.15. The summed E-state index contributed by atoms with van der Waals surface area (Å²) in [4.78, 5) is 44.0. The molecule has 0 aromatic carbocycles. The first kappa shape index (κ1) is 16.2. The number of amides is 1. The summed E-state index contributed by atoms with van der Waals surface area (Å²) in [7, 11) is 4.86. The van der Waals surface area contributed by atoms with Gasteiger partial charge in [0.2, 0.25) is 5.91 Å². The molecule has 0 aliphatic rings. The van der Waals surface area contributed by atoms with E-state index < -0.39 is 11.2 Å². The van der Waals surface area contributed by atoms with E-state index in [2.05, 4.69) is 4.98 Å². The number of likely N-dealkylation sites (N-methyl/N-ethyl adjacent to an activating group) is 1. The maximum absolute atomic E-state index is 12.6. The summed E-state index contributed by atoms with van der Waals surface area (Å²) in [5.74, 6) is -0.302. The van der Waals surface area contributed by atoms with E-state index in [0.717, 1.165) is 9.44 Å². The van der Waals surface area contributed by atoms with Crippen molar-refractivity contribution in [2.45, 2.75) is 13.1 Å². The average Bonchev–Trinajstić information content (AvgIpc) is 3.18. The lowest BCUT2D eigenvalue weighted by molar-refractivity contribution is -0.131. The molecule has 0 saturated heterocycles. The van der Waals surface area contributed by atoms with Crippen LogP contribution in [0.2, 0.25) is 0 Å². The maximum atomic E-state index is 12.6. The quantitative estimate of drug-likeness (QED) is 0.673. The number of aromatic nitrogens is 4. The van der Waals surface area contributed by atoms with Gasteiger partial charge >= 0.3 is 5.69 Å². The van der Waals surface area contributed by atoms with Gasteiger partial charge in [-0.05, 0) is 11.4 Å². The lowest BCUT2D eigenvalue weighted by atomic mass is 10.4. The maximum Gasteiger partial charge on any atom is 0.332 e. The van der Waals surface area contributed by atoms with E-state index in [4.69, 9.17) is 0 Å². The molecule has 0 atom stereocenters. The predicted octanol–water partition coefficient (Wildman–Crippen LogP) is 0.154. The topological polar surface area (TPSA) is 82.1 Å². The van der Waals surface area contributed by atoms with Crippen LogP contribution >= 0.6 is 11.3 Å². The van der Waals surface area contributed by atoms with Crippen LogP contribution in [0, 0.1) is 0 Å². The Balaban J connectivity index is 1.95. The van der Waals surface area contributed by atoms with Crippen molar-refractivity contribution in [2.75, 3.05) is 7.05 Å². The van der Waals surface area contributed by atoms with Crippen LogP contribution < -0.4 is 11.2 Å². The SMILES string of the molecule is CN(Cc1cccs1)C(=O)Cn1c(=O)c2c(ncn2C)n(C)c1=O. The van der Waals surface area contributed by atoms with E-state index in [1.165, 1.54) is 22.8 Å². The molecular weight excluding hydrogens is 330 g/mol. The van der Waals surface area contributed by atoms with Crippen LogP contribution in [0.25, 0.3) is 11.2 Å². The molecule has 0 spiro atoms. The van der Waals surface area contributed by atoms with Crippen molar-refractivity contribution in [3.8, 4) is 0 Å². The zero-order chi connectivity index (χ0) is 17.4. The highest BCUT2D eigenvalue weighted by atomic mass is 32.1. The first-order valence-electron chi connectivity index (χ1n) is 7.27. The largest absolute Gasteiger partial charge is 0.339 e. The van der Waals surface area contributed by atoms with Crippen molar-refractivity contribution < 1.29 is 4.79 Å². The van der Waals surface area contributed by atoms with E-state index in [9.17, 15) is 14.4 Å². The Morgan fingerprint density at radius 1 is 1.33 bits per heavy atom. The standard InChI is InChI=1S/C15H17N5O3S/c1-17(7-10-5-4-6-24-10)11(21)8-20-14(22)12-13(16-9-18(12)2)19(3)15(20)23/h4-6,9H,7-8H2,1-3H3. The molecule has 24 heavy (non-hydrogen) atoms. The minimum Gasteiger partial charge on any atom is -0.339 e. The number of carbonyl (C=O) groups is 1. The Labute approximate surface area is 141 Å². The van der Waals surface area contributed by atoms with Gasteiger partial charge in [0.1, 0.15) is 6.54 Å². The number of hydrogen-bond acceptors (Lipinski definition) is 5. The van der Waals surface area contributed by atoms with E-state index in [1.807, 2.05) is 17.5 Å². The molecule has 3 rings (SSSR count). The number of imidazole rings is 1. The lowest BCUT2D eigenvalue weighted by Gasteiger charge is -2.17. The van der Waals surface area contributed by atoms with Gasteiger partial charge in [0.05, 0.1) is 12.9 Å². The van der Waals surface area contributed by atoms with E-state index in [-0.39, 0.29) is 12.5 Å². The molecule has 8 nitrogen and oxygen atoms in total. The van der Waals surface area contributed by atoms with E-state index in [1.54, 1.807) is 30.0 Å². The second kappa shape index (κ2) is 6.08. The second-order valence-electron chi connectivity index (χ2n) is 5.59. The fourth-order valence-electron chi connectivity index (χ4n) is 2.52. The molecule has 9 heteroatoms. The van der Waals surface area contributed by atoms with Gasteiger partial charge in [-0.25, -0.2) is 14.3 Å². The van der Waals surface area contributed by atoms with Gasteiger partial charge < -0.3 is 9.47 Å². The van der Waals surface area contributed by atoms with Crippen molar-refractivity contribution in [3.63, 3.8) is 0 Å². The van der Waals surface area contributed by atoms with Gasteiger partial charge in [-0.15, -0.1) is 11.3 Å². The summed E-state index contributed by atoms with van der Waals surface area (Å²) < 4.78 is 3.79. The molecule has 0 bridgehead atoms. The second-order valence-corrected chi connectivity index (χ2v) is 6.62. The zero-order valence-electron chi connectivity index (χ0n) is 13.6. The molecule has 3 heterocycles. The molecule has 0 saturated carbocycles. The fourth-order valence-corrected chi connectivity index (χ4v) is 3.27. The molecule has 0 unspecified atom stereocenters. The molecule has 3 aromatic rings. The Morgan fingerprint density at radius 3 is 2.75 bits per heavy atom. The van der Waals surface area contributed by atoms with Gasteiger partial charge in [-0.2, -0.15) is 0 Å². The van der Waals surface area contributed by atoms with E-state index >= 15 is 0 Å². The Morgan fingerprint density at radius 2 is 2.08 bits per heavy atom. The summed E-state index contributed by atoms with van der Waals surface area (Å²) in [5.41, 5.74) is -0.455. The molecule has 0 fully saturated rings. The molecule has 0 radical (unpaired) electrons. The Kier molecular flexibility index (Phi) is 4.10. The third-order valence-electron chi connectivity index (χ3n) is 3.89. The van der Waals surface area contributed by atoms with Crippen molar-refractivity contribution in [3.05, 3.63) is 49.6 Å². The summed E-state index contributed by atoms with van der Waals surface area (Å²) in [6, 6.07) is 3.84. The smallest absolute Gasteiger partial charge is 0.332 e. The highest BCUT2D eigenvalue weighted by Gasteiger charge is 2.18. The summed E-state index contributed by atoms with van der Waals surface area (Å²) in [5, 5.41) is 1.93. The normalized spacial score (nSPS) is 11.1. The van der Waals surface area contributed by atoms with Gasteiger partial charge in [0.15, 0.2) is 11.2 Å². The number of fused-ring (bicyclic) bond motifs is 1. The summed E-state index contributed by atoms with van der Waals surface area (Å²) in [6.45, 7) is 0.147. The fraction of sp³-hybridized carbons (Fsp3) is 0.333. The summed E-state index contributed by atoms with van der Waals surface area (Å²) in [6.07, 6.45) is 1.47. The third kappa shape index (κ3) is 2.67. The number of aryl methyl sites for hydroxylation is 2. The van der Waals surface area contributed by atoms with Crippen molar-refractivity contribution in [2.24, 2.45) is 14.1 Å². The Hall–Kier alpha value is -2.68. The van der Waals surface area contributed by atoms with Crippen molar-refractivity contribution >= 4 is 28.4 Å². The van der Waals surface area contributed by atoms with Gasteiger partial charge in [0.25, 0.3) is 5.56 Å². The van der Waals surface area contributed by atoms with Gasteiger partial charge in [0, 0.05) is 26.0 Å². The van der Waals surface area contributed by atoms with Gasteiger partial charge in [-0.1, -0.05) is 6.07 Å². The van der Waals surface area contributed by atoms with Crippen molar-refractivity contribution in [1.82, 2.24) is 23.6 Å². The minimum absolute atomic E-state index is 0.297. The molecule has 1 amide bonds. The minimum atomic E-state index is -0.552. The van der Waals surface area contributed by atoms with E-state index in [0.29, 0.717) is 17.7 Å². The zero-order valence-corrected chi connectivity index (χ0v) is 14.4. The first-order chi connectivity index (χ1) is 11.4. The molecule has 0 N–H and O–H groups in total. The Bertz CT molecular complexity index is 1010. The van der Waals surface area contributed by atoms with Crippen LogP contribution in [0.5, 0.6) is 0 Å². The van der Waals surface area contributed by atoms with Crippen LogP contribution in [0.4, 0.5) is 0 Å². The molecule has 126 valence electrons. The number of thiophene rings is 1. The lowest BCUT2D eigenvalue weighted by Crippen LogP contribution is -2.43. The predicted molar refractivity (Wildman–Crippen MR) is 91.0 cm³/mol. The highest BCUT2D eigenvalue weighted by molar-refractivity contribution is 7.09. The summed E-state index contributed by atoms with van der Waals surface area (Å²) >= 11 is 1.55. The molecule has 0 aliphatic carbocycles. The molecule has 3 aromatic heterocycles. The number of rotatable bonds is 4. The number of carbonyl (C=O) groups excluding carboxylic acids is 1. The molecular formula is C15H17N5O3S. The number of nitrogens with zero attached hydrogens (tertiary/aromatic N) is 5. The average molecular weight is 347 g/mol. The highest BCUT2D eigenvalue weighted by Crippen LogP contribution is 2.11. The van der Waals surface area contributed by atoms with Crippen LogP contribution in [-0.4, -0.2) is 36.5 Å². The number of hydrogen-bond donors (Lipinski definition) is 0. The van der Waals surface area contributed by atoms with Crippen LogP contribution in [0.1, 0.15) is 4.88 Å². The molecule has 0 aliphatic heterocycles. The monoisotopic (exact) mass is 347 g/mol. The third-order valence-corrected chi connectivity index (χ3v) is 4.75. The van der Waals surface area contributed by atoms with Crippen LogP contribution in [-0.2, 0) is 32.0 Å².